The molecule has 2 aromatic carbocycles. The van der Waals surface area contributed by atoms with Crippen molar-refractivity contribution in [1.29, 1.82) is 0 Å². The quantitative estimate of drug-likeness (QED) is 0.784. The molecule has 2 heterocycles. The Balaban J connectivity index is 1.85. The number of fused-ring (bicyclic) bond motifs is 1. The van der Waals surface area contributed by atoms with Crippen LogP contribution in [0.25, 0.3) is 5.69 Å². The van der Waals surface area contributed by atoms with Gasteiger partial charge in [-0.15, -0.1) is 0 Å². The molecule has 0 unspecified atom stereocenters. The topological polar surface area (TPSA) is 65.4 Å². The van der Waals surface area contributed by atoms with Crippen LogP contribution in [0.1, 0.15) is 23.6 Å². The highest BCUT2D eigenvalue weighted by Crippen LogP contribution is 2.43. The van der Waals surface area contributed by atoms with Gasteiger partial charge < -0.3 is 14.8 Å². The molecule has 132 valence electrons. The van der Waals surface area contributed by atoms with E-state index in [4.69, 9.17) is 9.47 Å². The lowest BCUT2D eigenvalue weighted by molar-refractivity contribution is -0.116. The number of amides is 1. The minimum Gasteiger partial charge on any atom is -0.493 e. The number of hydrogen-bond acceptors (Lipinski definition) is 4. The molecule has 1 atom stereocenters. The van der Waals surface area contributed by atoms with E-state index in [0.29, 0.717) is 23.7 Å². The van der Waals surface area contributed by atoms with E-state index in [1.807, 2.05) is 53.1 Å². The first kappa shape index (κ1) is 16.2. The van der Waals surface area contributed by atoms with Crippen LogP contribution in [0.3, 0.4) is 0 Å². The highest BCUT2D eigenvalue weighted by molar-refractivity contribution is 5.94. The van der Waals surface area contributed by atoms with E-state index in [-0.39, 0.29) is 11.8 Å². The molecule has 0 saturated heterocycles. The second kappa shape index (κ2) is 6.55. The van der Waals surface area contributed by atoms with Gasteiger partial charge in [0.15, 0.2) is 11.5 Å². The average molecular weight is 349 g/mol. The Morgan fingerprint density at radius 3 is 2.62 bits per heavy atom. The van der Waals surface area contributed by atoms with Crippen LogP contribution in [0, 0.1) is 0 Å². The summed E-state index contributed by atoms with van der Waals surface area (Å²) in [5.41, 5.74) is 2.65. The number of para-hydroxylation sites is 2. The minimum atomic E-state index is -0.200. The number of hydrogen-bond donors (Lipinski definition) is 1. The molecule has 26 heavy (non-hydrogen) atoms. The maximum atomic E-state index is 12.4. The third-order valence-electron chi connectivity index (χ3n) is 4.62. The second-order valence-electron chi connectivity index (χ2n) is 6.07. The number of rotatable bonds is 4. The van der Waals surface area contributed by atoms with Gasteiger partial charge in [-0.3, -0.25) is 9.36 Å². The Morgan fingerprint density at radius 1 is 1.08 bits per heavy atom. The van der Waals surface area contributed by atoms with Crippen LogP contribution in [0.2, 0.25) is 0 Å². The third-order valence-corrected chi connectivity index (χ3v) is 4.62. The van der Waals surface area contributed by atoms with Crippen LogP contribution in [0.5, 0.6) is 11.5 Å². The number of methoxy groups -OCH3 is 2. The number of imidazole rings is 1. The number of nitrogens with one attached hydrogen (secondary N) is 1. The van der Waals surface area contributed by atoms with Crippen molar-refractivity contribution in [3.8, 4) is 17.2 Å². The van der Waals surface area contributed by atoms with E-state index in [1.54, 1.807) is 20.5 Å². The van der Waals surface area contributed by atoms with Gasteiger partial charge in [0.1, 0.15) is 12.1 Å². The second-order valence-corrected chi connectivity index (χ2v) is 6.07. The Hall–Kier alpha value is -3.28. The predicted molar refractivity (Wildman–Crippen MR) is 98.2 cm³/mol. The van der Waals surface area contributed by atoms with Crippen molar-refractivity contribution in [3.63, 3.8) is 0 Å². The molecular formula is C20H19N3O3. The molecular weight excluding hydrogens is 330 g/mol. The lowest BCUT2D eigenvalue weighted by atomic mass is 9.89. The highest BCUT2D eigenvalue weighted by Gasteiger charge is 2.33. The summed E-state index contributed by atoms with van der Waals surface area (Å²) in [6.07, 6.45) is 2.05. The van der Waals surface area contributed by atoms with Gasteiger partial charge in [0.05, 0.1) is 19.9 Å². The molecule has 1 aliphatic heterocycles. The molecule has 0 fully saturated rings. The summed E-state index contributed by atoms with van der Waals surface area (Å²) < 4.78 is 12.9. The van der Waals surface area contributed by atoms with Crippen LogP contribution in [0.4, 0.5) is 5.82 Å². The molecule has 0 aliphatic carbocycles. The number of ether oxygens (including phenoxy) is 2. The molecule has 3 aromatic rings. The molecule has 4 rings (SSSR count). The van der Waals surface area contributed by atoms with Gasteiger partial charge >= 0.3 is 0 Å². The maximum absolute atomic E-state index is 12.4. The van der Waals surface area contributed by atoms with Crippen LogP contribution >= 0.6 is 0 Å². The average Bonchev–Trinajstić information content (AvgIpc) is 3.11. The first-order chi connectivity index (χ1) is 12.7. The SMILES string of the molecule is COc1cccc([C@@H]2CC(=O)Nc3c2ncn3-c2ccccc2)c1OC. The van der Waals surface area contributed by atoms with Crippen molar-refractivity contribution in [2.75, 3.05) is 19.5 Å². The van der Waals surface area contributed by atoms with Crippen LogP contribution in [0.15, 0.2) is 54.9 Å². The van der Waals surface area contributed by atoms with E-state index in [9.17, 15) is 4.79 Å². The summed E-state index contributed by atoms with van der Waals surface area (Å²) in [6.45, 7) is 0. The van der Waals surface area contributed by atoms with Crippen molar-refractivity contribution >= 4 is 11.7 Å². The number of carbonyl (C=O) groups is 1. The molecule has 0 radical (unpaired) electrons. The lowest BCUT2D eigenvalue weighted by Gasteiger charge is -2.25. The molecule has 0 spiro atoms. The van der Waals surface area contributed by atoms with Crippen LogP contribution in [-0.4, -0.2) is 29.7 Å². The molecule has 1 amide bonds. The molecule has 1 N–H and O–H groups in total. The fraction of sp³-hybridized carbons (Fsp3) is 0.200. The van der Waals surface area contributed by atoms with Crippen LogP contribution < -0.4 is 14.8 Å². The molecule has 6 nitrogen and oxygen atoms in total. The molecule has 1 aromatic heterocycles. The monoisotopic (exact) mass is 349 g/mol. The first-order valence-electron chi connectivity index (χ1n) is 8.36. The van der Waals surface area contributed by atoms with Gasteiger partial charge in [-0.1, -0.05) is 30.3 Å². The summed E-state index contributed by atoms with van der Waals surface area (Å²) in [7, 11) is 3.21. The normalized spacial score (nSPS) is 15.9. The zero-order chi connectivity index (χ0) is 18.1. The number of anilines is 1. The Labute approximate surface area is 151 Å². The molecule has 0 saturated carbocycles. The third kappa shape index (κ3) is 2.60. The summed E-state index contributed by atoms with van der Waals surface area (Å²) in [5.74, 6) is 1.72. The van der Waals surface area contributed by atoms with Gasteiger partial charge in [-0.25, -0.2) is 4.98 Å². The summed E-state index contributed by atoms with van der Waals surface area (Å²) in [4.78, 5) is 17.0. The number of nitrogens with zero attached hydrogens (tertiary/aromatic N) is 2. The fourth-order valence-corrected chi connectivity index (χ4v) is 3.43. The van der Waals surface area contributed by atoms with E-state index in [0.717, 1.165) is 16.9 Å². The van der Waals surface area contributed by atoms with Crippen molar-refractivity contribution in [3.05, 3.63) is 66.1 Å². The molecule has 6 heteroatoms. The highest BCUT2D eigenvalue weighted by atomic mass is 16.5. The lowest BCUT2D eigenvalue weighted by Crippen LogP contribution is -2.25. The van der Waals surface area contributed by atoms with Gasteiger partial charge in [0, 0.05) is 23.6 Å². The summed E-state index contributed by atoms with van der Waals surface area (Å²) >= 11 is 0. The standard InChI is InChI=1S/C20H19N3O3/c1-25-16-10-6-9-14(19(16)26-2)15-11-17(24)22-20-18(15)21-12-23(20)13-7-4-3-5-8-13/h3-10,12,15H,11H2,1-2H3,(H,22,24)/t15-/m0/s1. The van der Waals surface area contributed by atoms with Gasteiger partial charge in [-0.2, -0.15) is 0 Å². The fourth-order valence-electron chi connectivity index (χ4n) is 3.43. The van der Waals surface area contributed by atoms with Crippen molar-refractivity contribution in [1.82, 2.24) is 9.55 Å². The number of carbonyl (C=O) groups excluding carboxylic acids is 1. The smallest absolute Gasteiger partial charge is 0.226 e. The van der Waals surface area contributed by atoms with Gasteiger partial charge in [0.2, 0.25) is 5.91 Å². The zero-order valence-corrected chi connectivity index (χ0v) is 14.6. The Bertz CT molecular complexity index is 950. The molecule has 0 bridgehead atoms. The van der Waals surface area contributed by atoms with E-state index >= 15 is 0 Å². The first-order valence-corrected chi connectivity index (χ1v) is 8.36. The van der Waals surface area contributed by atoms with Crippen molar-refractivity contribution in [2.45, 2.75) is 12.3 Å². The summed E-state index contributed by atoms with van der Waals surface area (Å²) in [5, 5.41) is 2.96. The van der Waals surface area contributed by atoms with E-state index in [2.05, 4.69) is 10.3 Å². The van der Waals surface area contributed by atoms with Gasteiger partial charge in [0.25, 0.3) is 0 Å². The Morgan fingerprint density at radius 2 is 1.88 bits per heavy atom. The van der Waals surface area contributed by atoms with Crippen molar-refractivity contribution < 1.29 is 14.3 Å². The zero-order valence-electron chi connectivity index (χ0n) is 14.6. The largest absolute Gasteiger partial charge is 0.493 e. The number of aromatic nitrogens is 2. The van der Waals surface area contributed by atoms with Crippen LogP contribution in [-0.2, 0) is 4.79 Å². The minimum absolute atomic E-state index is 0.0509. The summed E-state index contributed by atoms with van der Waals surface area (Å²) in [6, 6.07) is 15.5. The number of benzene rings is 2. The Kier molecular flexibility index (Phi) is 4.08. The van der Waals surface area contributed by atoms with Gasteiger partial charge in [-0.05, 0) is 18.2 Å². The van der Waals surface area contributed by atoms with E-state index in [1.165, 1.54) is 0 Å². The van der Waals surface area contributed by atoms with Crippen molar-refractivity contribution in [2.24, 2.45) is 0 Å². The van der Waals surface area contributed by atoms with E-state index < -0.39 is 0 Å². The predicted octanol–water partition coefficient (Wildman–Crippen LogP) is 3.36. The molecule has 1 aliphatic rings. The maximum Gasteiger partial charge on any atom is 0.226 e.